The Balaban J connectivity index is 1.81. The molecule has 1 saturated heterocycles. The van der Waals surface area contributed by atoms with E-state index in [1.54, 1.807) is 14.2 Å². The Morgan fingerprint density at radius 2 is 1.80 bits per heavy atom. The Morgan fingerprint density at radius 1 is 1.04 bits per heavy atom. The Bertz CT molecular complexity index is 705. The van der Waals surface area contributed by atoms with E-state index in [0.29, 0.717) is 0 Å². The van der Waals surface area contributed by atoms with Crippen LogP contribution in [-0.2, 0) is 6.54 Å². The summed E-state index contributed by atoms with van der Waals surface area (Å²) in [5, 5.41) is 0. The highest BCUT2D eigenvalue weighted by Gasteiger charge is 2.18. The molecule has 0 atom stereocenters. The van der Waals surface area contributed by atoms with E-state index in [1.165, 1.54) is 0 Å². The van der Waals surface area contributed by atoms with Gasteiger partial charge in [-0.05, 0) is 31.7 Å². The first-order valence-electron chi connectivity index (χ1n) is 8.77. The minimum atomic E-state index is 0.736. The molecule has 0 radical (unpaired) electrons. The van der Waals surface area contributed by atoms with Gasteiger partial charge >= 0.3 is 0 Å². The van der Waals surface area contributed by atoms with E-state index in [-0.39, 0.29) is 0 Å². The van der Waals surface area contributed by atoms with Crippen LogP contribution in [0.1, 0.15) is 5.56 Å². The summed E-state index contributed by atoms with van der Waals surface area (Å²) in [6.45, 7) is 8.54. The molecule has 1 aliphatic rings. The summed E-state index contributed by atoms with van der Waals surface area (Å²) in [7, 11) is 5.53. The fourth-order valence-electron chi connectivity index (χ4n) is 3.32. The van der Waals surface area contributed by atoms with Gasteiger partial charge in [0.15, 0.2) is 11.5 Å². The van der Waals surface area contributed by atoms with Crippen molar-refractivity contribution >= 4 is 0 Å². The average Bonchev–Trinajstić information content (AvgIpc) is 3.08. The number of aryl methyl sites for hydroxylation is 1. The summed E-state index contributed by atoms with van der Waals surface area (Å²) in [6, 6.07) is 4.09. The number of hydrogen-bond acceptors (Lipinski definition) is 5. The summed E-state index contributed by atoms with van der Waals surface area (Å²) in [5.74, 6) is 2.40. The lowest BCUT2D eigenvalue weighted by Crippen LogP contribution is -2.45. The Kier molecular flexibility index (Phi) is 5.60. The Morgan fingerprint density at radius 3 is 2.48 bits per heavy atom. The highest BCUT2D eigenvalue weighted by molar-refractivity contribution is 5.70. The number of ether oxygens (including phenoxy) is 2. The number of methoxy groups -OCH3 is 2. The molecule has 0 aliphatic carbocycles. The van der Waals surface area contributed by atoms with Gasteiger partial charge < -0.3 is 18.9 Å². The van der Waals surface area contributed by atoms with E-state index in [2.05, 4.69) is 39.4 Å². The molecule has 6 heteroatoms. The molecule has 136 valence electrons. The molecule has 1 aromatic heterocycles. The van der Waals surface area contributed by atoms with Crippen LogP contribution in [0.5, 0.6) is 11.5 Å². The topological polar surface area (TPSA) is 42.8 Å². The quantitative estimate of drug-likeness (QED) is 0.803. The van der Waals surface area contributed by atoms with Crippen molar-refractivity contribution in [3.05, 3.63) is 30.1 Å². The van der Waals surface area contributed by atoms with Crippen molar-refractivity contribution in [3.63, 3.8) is 0 Å². The Hall–Kier alpha value is -2.05. The van der Waals surface area contributed by atoms with Gasteiger partial charge in [0.2, 0.25) is 0 Å². The summed E-state index contributed by atoms with van der Waals surface area (Å²) in [4.78, 5) is 9.48. The maximum atomic E-state index is 5.61. The van der Waals surface area contributed by atoms with Crippen LogP contribution in [0, 0.1) is 6.92 Å². The van der Waals surface area contributed by atoms with Crippen molar-refractivity contribution in [2.24, 2.45) is 0 Å². The van der Waals surface area contributed by atoms with Crippen LogP contribution >= 0.6 is 0 Å². The standard InChI is InChI=1S/C19H28N4O2/c1-15-13-16(18(25-4)17(14-15)24-3)19-20-5-6-23(19)12-11-22-9-7-21(2)8-10-22/h5-6,13-14H,7-12H2,1-4H3. The molecule has 0 saturated carbocycles. The van der Waals surface area contributed by atoms with E-state index in [0.717, 1.165) is 67.7 Å². The fraction of sp³-hybridized carbons (Fsp3) is 0.526. The van der Waals surface area contributed by atoms with Gasteiger partial charge in [-0.25, -0.2) is 4.98 Å². The number of nitrogens with zero attached hydrogens (tertiary/aromatic N) is 4. The van der Waals surface area contributed by atoms with Gasteiger partial charge in [-0.2, -0.15) is 0 Å². The van der Waals surface area contributed by atoms with Crippen molar-refractivity contribution in [3.8, 4) is 22.9 Å². The van der Waals surface area contributed by atoms with Crippen molar-refractivity contribution in [1.82, 2.24) is 19.4 Å². The summed E-state index contributed by atoms with van der Waals surface area (Å²) in [6.07, 6.45) is 3.90. The molecule has 0 unspecified atom stereocenters. The molecular formula is C19H28N4O2. The minimum Gasteiger partial charge on any atom is -0.493 e. The molecule has 1 aromatic carbocycles. The molecule has 3 rings (SSSR count). The second-order valence-corrected chi connectivity index (χ2v) is 6.64. The monoisotopic (exact) mass is 344 g/mol. The van der Waals surface area contributed by atoms with Crippen molar-refractivity contribution in [2.75, 3.05) is 54.0 Å². The summed E-state index contributed by atoms with van der Waals surface area (Å²) >= 11 is 0. The van der Waals surface area contributed by atoms with Gasteiger partial charge in [-0.1, -0.05) is 0 Å². The van der Waals surface area contributed by atoms with Gasteiger partial charge in [0.1, 0.15) is 5.82 Å². The van der Waals surface area contributed by atoms with Crippen molar-refractivity contribution in [2.45, 2.75) is 13.5 Å². The zero-order valence-corrected chi connectivity index (χ0v) is 15.7. The molecule has 0 N–H and O–H groups in total. The zero-order valence-electron chi connectivity index (χ0n) is 15.7. The number of benzene rings is 1. The number of hydrogen-bond donors (Lipinski definition) is 0. The van der Waals surface area contributed by atoms with E-state index in [1.807, 2.05) is 18.5 Å². The van der Waals surface area contributed by atoms with Crippen LogP contribution < -0.4 is 9.47 Å². The maximum absolute atomic E-state index is 5.61. The van der Waals surface area contributed by atoms with Gasteiger partial charge in [-0.15, -0.1) is 0 Å². The lowest BCUT2D eigenvalue weighted by molar-refractivity contribution is 0.150. The van der Waals surface area contributed by atoms with Crippen LogP contribution in [0.25, 0.3) is 11.4 Å². The largest absolute Gasteiger partial charge is 0.493 e. The summed E-state index contributed by atoms with van der Waals surface area (Å²) in [5.41, 5.74) is 2.10. The highest BCUT2D eigenvalue weighted by atomic mass is 16.5. The molecule has 0 amide bonds. The number of rotatable bonds is 6. The highest BCUT2D eigenvalue weighted by Crippen LogP contribution is 2.38. The minimum absolute atomic E-state index is 0.736. The van der Waals surface area contributed by atoms with Gasteiger partial charge in [-0.3, -0.25) is 4.90 Å². The first-order valence-corrected chi connectivity index (χ1v) is 8.77. The van der Waals surface area contributed by atoms with Crippen molar-refractivity contribution in [1.29, 1.82) is 0 Å². The third-order valence-electron chi connectivity index (χ3n) is 4.83. The molecular weight excluding hydrogens is 316 g/mol. The maximum Gasteiger partial charge on any atom is 0.171 e. The SMILES string of the molecule is COc1cc(C)cc(-c2nccn2CCN2CCN(C)CC2)c1OC. The van der Waals surface area contributed by atoms with E-state index < -0.39 is 0 Å². The van der Waals surface area contributed by atoms with Crippen LogP contribution in [0.2, 0.25) is 0 Å². The smallest absolute Gasteiger partial charge is 0.171 e. The predicted molar refractivity (Wildman–Crippen MR) is 99.4 cm³/mol. The fourth-order valence-corrected chi connectivity index (χ4v) is 3.32. The number of likely N-dealkylation sites (N-methyl/N-ethyl adjacent to an activating group) is 1. The predicted octanol–water partition coefficient (Wildman–Crippen LogP) is 2.12. The molecule has 2 heterocycles. The summed E-state index contributed by atoms with van der Waals surface area (Å²) < 4.78 is 13.3. The van der Waals surface area contributed by atoms with E-state index >= 15 is 0 Å². The lowest BCUT2D eigenvalue weighted by atomic mass is 10.1. The average molecular weight is 344 g/mol. The first kappa shape index (κ1) is 17.8. The van der Waals surface area contributed by atoms with Crippen LogP contribution in [0.15, 0.2) is 24.5 Å². The normalized spacial score (nSPS) is 16.2. The first-order chi connectivity index (χ1) is 12.1. The van der Waals surface area contributed by atoms with E-state index in [4.69, 9.17) is 9.47 Å². The van der Waals surface area contributed by atoms with Gasteiger partial charge in [0.25, 0.3) is 0 Å². The molecule has 25 heavy (non-hydrogen) atoms. The zero-order chi connectivity index (χ0) is 17.8. The lowest BCUT2D eigenvalue weighted by Gasteiger charge is -2.32. The molecule has 6 nitrogen and oxygen atoms in total. The molecule has 0 spiro atoms. The second kappa shape index (κ2) is 7.89. The number of imidazole rings is 1. The van der Waals surface area contributed by atoms with E-state index in [9.17, 15) is 0 Å². The van der Waals surface area contributed by atoms with Crippen LogP contribution in [0.3, 0.4) is 0 Å². The molecule has 2 aromatic rings. The van der Waals surface area contributed by atoms with Gasteiger partial charge in [0.05, 0.1) is 19.8 Å². The van der Waals surface area contributed by atoms with Crippen LogP contribution in [-0.4, -0.2) is 73.3 Å². The third kappa shape index (κ3) is 3.96. The second-order valence-electron chi connectivity index (χ2n) is 6.64. The number of piperazine rings is 1. The van der Waals surface area contributed by atoms with Crippen molar-refractivity contribution < 1.29 is 9.47 Å². The van der Waals surface area contributed by atoms with Gasteiger partial charge in [0, 0.05) is 51.7 Å². The molecule has 1 aliphatic heterocycles. The molecule has 1 fully saturated rings. The number of aromatic nitrogens is 2. The Labute approximate surface area is 150 Å². The van der Waals surface area contributed by atoms with Crippen LogP contribution in [0.4, 0.5) is 0 Å². The molecule has 0 bridgehead atoms. The third-order valence-corrected chi connectivity index (χ3v) is 4.83.